The van der Waals surface area contributed by atoms with Gasteiger partial charge in [-0.3, -0.25) is 0 Å². The summed E-state index contributed by atoms with van der Waals surface area (Å²) >= 11 is 0. The average molecular weight is 371 g/mol. The molecule has 0 aromatic carbocycles. The minimum atomic E-state index is -0.0461. The van der Waals surface area contributed by atoms with E-state index in [1.54, 1.807) is 0 Å². The quantitative estimate of drug-likeness (QED) is 0.703. The van der Waals surface area contributed by atoms with Crippen molar-refractivity contribution in [3.63, 3.8) is 0 Å². The Balaban J connectivity index is 0.000000181. The Kier molecular flexibility index (Phi) is 7.37. The summed E-state index contributed by atoms with van der Waals surface area (Å²) < 4.78 is 15.1. The Hall–Kier alpha value is -0.200. The van der Waals surface area contributed by atoms with Crippen molar-refractivity contribution < 1.29 is 24.4 Å². The zero-order valence-corrected chi connectivity index (χ0v) is 16.6. The molecule has 2 unspecified atom stereocenters. The standard InChI is InChI=1S/C15H28O2.C6H10O3/c1-15(2,11-3-7-13(16)8-4-11)12-5-9-14(17)10-6-12;1(5-3-8-5)7-2-6-4-9-6/h11-14,16-17H,3-10H2,1-2H3;5-6H,1-4H2. The maximum absolute atomic E-state index is 9.60. The van der Waals surface area contributed by atoms with Crippen LogP contribution < -0.4 is 0 Å². The van der Waals surface area contributed by atoms with Crippen LogP contribution in [0.5, 0.6) is 0 Å². The second kappa shape index (κ2) is 9.33. The van der Waals surface area contributed by atoms with Crippen LogP contribution in [0.1, 0.15) is 65.2 Å². The van der Waals surface area contributed by atoms with Gasteiger partial charge in [-0.25, -0.2) is 0 Å². The van der Waals surface area contributed by atoms with Gasteiger partial charge in [-0.2, -0.15) is 0 Å². The van der Waals surface area contributed by atoms with E-state index in [4.69, 9.17) is 14.2 Å². The number of hydrogen-bond acceptors (Lipinski definition) is 5. The van der Waals surface area contributed by atoms with Gasteiger partial charge in [0.15, 0.2) is 0 Å². The van der Waals surface area contributed by atoms with Crippen LogP contribution in [-0.4, -0.2) is 61.1 Å². The van der Waals surface area contributed by atoms with Crippen LogP contribution in [0, 0.1) is 17.3 Å². The highest BCUT2D eigenvalue weighted by molar-refractivity contribution is 4.90. The third kappa shape index (κ3) is 6.45. The van der Waals surface area contributed by atoms with Gasteiger partial charge < -0.3 is 24.4 Å². The molecule has 5 nitrogen and oxygen atoms in total. The minimum Gasteiger partial charge on any atom is -0.393 e. The van der Waals surface area contributed by atoms with Crippen molar-refractivity contribution >= 4 is 0 Å². The fourth-order valence-electron chi connectivity index (χ4n) is 4.63. The molecule has 152 valence electrons. The van der Waals surface area contributed by atoms with Crippen molar-refractivity contribution in [2.75, 3.05) is 26.4 Å². The van der Waals surface area contributed by atoms with Crippen molar-refractivity contribution in [1.82, 2.24) is 0 Å². The second-order valence-electron chi connectivity index (χ2n) is 9.28. The van der Waals surface area contributed by atoms with Gasteiger partial charge in [0.2, 0.25) is 0 Å². The molecule has 0 spiro atoms. The molecule has 4 fully saturated rings. The van der Waals surface area contributed by atoms with Gasteiger partial charge in [-0.05, 0) is 68.6 Å². The van der Waals surface area contributed by atoms with Crippen LogP contribution in [0.2, 0.25) is 0 Å². The largest absolute Gasteiger partial charge is 0.393 e. The predicted molar refractivity (Wildman–Crippen MR) is 100 cm³/mol. The monoisotopic (exact) mass is 370 g/mol. The van der Waals surface area contributed by atoms with Crippen molar-refractivity contribution in [2.24, 2.45) is 17.3 Å². The summed E-state index contributed by atoms with van der Waals surface area (Å²) in [5.41, 5.74) is 0.389. The van der Waals surface area contributed by atoms with E-state index in [1.807, 2.05) is 0 Å². The van der Waals surface area contributed by atoms with Gasteiger partial charge >= 0.3 is 0 Å². The van der Waals surface area contributed by atoms with E-state index in [0.717, 1.165) is 63.9 Å². The summed E-state index contributed by atoms with van der Waals surface area (Å²) in [6.45, 7) is 8.09. The summed E-state index contributed by atoms with van der Waals surface area (Å²) in [5, 5.41) is 19.2. The molecule has 2 saturated carbocycles. The zero-order chi connectivity index (χ0) is 18.6. The molecule has 0 amide bonds. The molecule has 0 aromatic heterocycles. The Morgan fingerprint density at radius 1 is 0.731 bits per heavy atom. The molecular weight excluding hydrogens is 332 g/mol. The smallest absolute Gasteiger partial charge is 0.104 e. The lowest BCUT2D eigenvalue weighted by Gasteiger charge is -2.46. The molecule has 0 bridgehead atoms. The molecule has 5 heteroatoms. The van der Waals surface area contributed by atoms with Gasteiger partial charge in [0.25, 0.3) is 0 Å². The van der Waals surface area contributed by atoms with Crippen LogP contribution in [-0.2, 0) is 14.2 Å². The Morgan fingerprint density at radius 3 is 1.38 bits per heavy atom. The summed E-state index contributed by atoms with van der Waals surface area (Å²) in [5.74, 6) is 1.54. The molecule has 2 aliphatic carbocycles. The molecule has 2 aliphatic heterocycles. The molecule has 2 heterocycles. The van der Waals surface area contributed by atoms with E-state index in [0.29, 0.717) is 17.6 Å². The highest BCUT2D eigenvalue weighted by Gasteiger charge is 2.40. The van der Waals surface area contributed by atoms with Gasteiger partial charge in [0.1, 0.15) is 12.2 Å². The average Bonchev–Trinajstić information content (AvgIpc) is 3.52. The van der Waals surface area contributed by atoms with Gasteiger partial charge in [0.05, 0.1) is 38.6 Å². The molecule has 4 rings (SSSR count). The van der Waals surface area contributed by atoms with Crippen molar-refractivity contribution in [3.05, 3.63) is 0 Å². The van der Waals surface area contributed by atoms with Crippen LogP contribution in [0.3, 0.4) is 0 Å². The van der Waals surface area contributed by atoms with E-state index in [9.17, 15) is 10.2 Å². The third-order valence-corrected chi connectivity index (χ3v) is 6.91. The molecule has 26 heavy (non-hydrogen) atoms. The van der Waals surface area contributed by atoms with E-state index in [1.165, 1.54) is 25.7 Å². The number of aliphatic hydroxyl groups excluding tert-OH is 2. The number of ether oxygens (including phenoxy) is 3. The lowest BCUT2D eigenvalue weighted by Crippen LogP contribution is -2.38. The first-order valence-electron chi connectivity index (χ1n) is 10.6. The van der Waals surface area contributed by atoms with E-state index >= 15 is 0 Å². The first-order valence-corrected chi connectivity index (χ1v) is 10.6. The fraction of sp³-hybridized carbons (Fsp3) is 1.00. The van der Waals surface area contributed by atoms with Crippen LogP contribution >= 0.6 is 0 Å². The zero-order valence-electron chi connectivity index (χ0n) is 16.6. The lowest BCUT2D eigenvalue weighted by atomic mass is 9.60. The summed E-state index contributed by atoms with van der Waals surface area (Å²) in [6.07, 6.45) is 9.40. The summed E-state index contributed by atoms with van der Waals surface area (Å²) in [4.78, 5) is 0. The Bertz CT molecular complexity index is 367. The van der Waals surface area contributed by atoms with E-state index in [2.05, 4.69) is 13.8 Å². The number of hydrogen-bond donors (Lipinski definition) is 2. The molecule has 0 aromatic rings. The number of aliphatic hydroxyl groups is 2. The summed E-state index contributed by atoms with van der Waals surface area (Å²) in [6, 6.07) is 0. The SMILES string of the molecule is C(OCC1CO1)C1CO1.CC(C)(C1CCC(O)CC1)C1CCC(O)CC1. The third-order valence-electron chi connectivity index (χ3n) is 6.91. The first-order chi connectivity index (χ1) is 12.4. The van der Waals surface area contributed by atoms with Crippen LogP contribution in [0.15, 0.2) is 0 Å². The number of rotatable bonds is 6. The number of epoxide rings is 2. The normalized spacial score (nSPS) is 39.7. The Labute approximate surface area is 158 Å². The van der Waals surface area contributed by atoms with Crippen molar-refractivity contribution in [3.8, 4) is 0 Å². The topological polar surface area (TPSA) is 74.8 Å². The van der Waals surface area contributed by atoms with E-state index < -0.39 is 0 Å². The molecular formula is C21H38O5. The lowest BCUT2D eigenvalue weighted by molar-refractivity contribution is 0.00233. The fourth-order valence-corrected chi connectivity index (χ4v) is 4.63. The molecule has 2 atom stereocenters. The van der Waals surface area contributed by atoms with Crippen LogP contribution in [0.4, 0.5) is 0 Å². The molecule has 4 aliphatic rings. The second-order valence-corrected chi connectivity index (χ2v) is 9.28. The van der Waals surface area contributed by atoms with Gasteiger partial charge in [0, 0.05) is 0 Å². The highest BCUT2D eigenvalue weighted by Crippen LogP contribution is 2.48. The highest BCUT2D eigenvalue weighted by atomic mass is 16.6. The Morgan fingerprint density at radius 2 is 1.08 bits per heavy atom. The minimum absolute atomic E-state index is 0.0461. The molecule has 2 saturated heterocycles. The predicted octanol–water partition coefficient (Wildman–Crippen LogP) is 2.92. The van der Waals surface area contributed by atoms with Crippen molar-refractivity contribution in [1.29, 1.82) is 0 Å². The summed E-state index contributed by atoms with van der Waals surface area (Å²) in [7, 11) is 0. The maximum atomic E-state index is 9.60. The van der Waals surface area contributed by atoms with Crippen LogP contribution in [0.25, 0.3) is 0 Å². The molecule has 0 radical (unpaired) electrons. The van der Waals surface area contributed by atoms with Gasteiger partial charge in [-0.15, -0.1) is 0 Å². The van der Waals surface area contributed by atoms with E-state index in [-0.39, 0.29) is 12.2 Å². The first kappa shape index (κ1) is 20.5. The van der Waals surface area contributed by atoms with Gasteiger partial charge in [-0.1, -0.05) is 13.8 Å². The van der Waals surface area contributed by atoms with Crippen molar-refractivity contribution in [2.45, 2.75) is 89.6 Å². The molecule has 2 N–H and O–H groups in total. The maximum Gasteiger partial charge on any atom is 0.104 e.